The van der Waals surface area contributed by atoms with Gasteiger partial charge in [-0.1, -0.05) is 91.0 Å². The van der Waals surface area contributed by atoms with Crippen molar-refractivity contribution in [3.05, 3.63) is 108 Å². The van der Waals surface area contributed by atoms with Crippen molar-refractivity contribution in [2.24, 2.45) is 0 Å². The highest BCUT2D eigenvalue weighted by Gasteiger charge is 2.50. The normalized spacial score (nSPS) is 24.9. The minimum atomic E-state index is -1.19. The zero-order valence-corrected chi connectivity index (χ0v) is 20.4. The molecular weight excluding hydrogens is 460 g/mol. The van der Waals surface area contributed by atoms with Gasteiger partial charge in [0.15, 0.2) is 6.29 Å². The van der Waals surface area contributed by atoms with Gasteiger partial charge < -0.3 is 33.9 Å². The maximum absolute atomic E-state index is 10.7. The summed E-state index contributed by atoms with van der Waals surface area (Å²) in [5.41, 5.74) is 2.95. The molecule has 0 amide bonds. The number of hydrogen-bond donors (Lipinski definition) is 2. The molecule has 36 heavy (non-hydrogen) atoms. The number of aliphatic hydroxyl groups is 2. The molecule has 0 bridgehead atoms. The monoisotopic (exact) mass is 494 g/mol. The molecule has 0 radical (unpaired) electrons. The third-order valence-electron chi connectivity index (χ3n) is 6.19. The second kappa shape index (κ2) is 13.6. The second-order valence-corrected chi connectivity index (χ2v) is 8.74. The van der Waals surface area contributed by atoms with Crippen LogP contribution in [0.2, 0.25) is 0 Å². The molecule has 7 nitrogen and oxygen atoms in total. The minimum absolute atomic E-state index is 0.276. The van der Waals surface area contributed by atoms with Gasteiger partial charge >= 0.3 is 0 Å². The third kappa shape index (κ3) is 6.99. The van der Waals surface area contributed by atoms with E-state index in [2.05, 4.69) is 0 Å². The molecule has 1 unspecified atom stereocenters. The quantitative estimate of drug-likeness (QED) is 0.399. The van der Waals surface area contributed by atoms with E-state index in [1.165, 1.54) is 7.11 Å². The van der Waals surface area contributed by atoms with Gasteiger partial charge in [-0.15, -0.1) is 0 Å². The molecule has 7 heteroatoms. The Labute approximate surface area is 212 Å². The zero-order chi connectivity index (χ0) is 25.2. The van der Waals surface area contributed by atoms with Crippen LogP contribution in [-0.2, 0) is 43.5 Å². The molecule has 1 saturated heterocycles. The van der Waals surface area contributed by atoms with Gasteiger partial charge in [-0.05, 0) is 16.7 Å². The van der Waals surface area contributed by atoms with Crippen LogP contribution in [0.1, 0.15) is 16.7 Å². The van der Waals surface area contributed by atoms with Crippen LogP contribution in [0.25, 0.3) is 0 Å². The number of aliphatic hydroxyl groups excluding tert-OH is 2. The first-order valence-corrected chi connectivity index (χ1v) is 12.1. The average molecular weight is 495 g/mol. The summed E-state index contributed by atoms with van der Waals surface area (Å²) in [6, 6.07) is 29.4. The topological polar surface area (TPSA) is 86.6 Å². The standard InChI is InChI=1S/C29H34O7/c1-32-29-28(35-20-23-15-9-4-10-16-23)27(34-19-22-13-7-3-8-14-22)26(25(36-29)24(31)17-30)33-18-21-11-5-2-6-12-21/h2-16,24-31H,17-20H2,1H3/t24?,25-,26-,27+,28-,29+/m1/s1. The summed E-state index contributed by atoms with van der Waals surface area (Å²) < 4.78 is 30.8. The minimum Gasteiger partial charge on any atom is -0.394 e. The van der Waals surface area contributed by atoms with E-state index >= 15 is 0 Å². The first-order valence-electron chi connectivity index (χ1n) is 12.1. The van der Waals surface area contributed by atoms with Gasteiger partial charge in [0.1, 0.15) is 30.5 Å². The van der Waals surface area contributed by atoms with Crippen LogP contribution in [0.5, 0.6) is 0 Å². The zero-order valence-electron chi connectivity index (χ0n) is 20.4. The van der Waals surface area contributed by atoms with Crippen LogP contribution in [0.15, 0.2) is 91.0 Å². The molecule has 0 aromatic heterocycles. The van der Waals surface area contributed by atoms with Crippen molar-refractivity contribution in [1.29, 1.82) is 0 Å². The molecule has 0 aliphatic carbocycles. The van der Waals surface area contributed by atoms with Gasteiger partial charge in [0, 0.05) is 7.11 Å². The molecule has 4 rings (SSSR count). The van der Waals surface area contributed by atoms with Crippen molar-refractivity contribution in [2.45, 2.75) is 56.6 Å². The number of rotatable bonds is 12. The maximum atomic E-state index is 10.7. The Bertz CT molecular complexity index is 1000. The van der Waals surface area contributed by atoms with Crippen molar-refractivity contribution in [3.8, 4) is 0 Å². The fourth-order valence-corrected chi connectivity index (χ4v) is 4.29. The number of ether oxygens (including phenoxy) is 5. The molecule has 6 atom stereocenters. The van der Waals surface area contributed by atoms with E-state index in [0.717, 1.165) is 16.7 Å². The van der Waals surface area contributed by atoms with E-state index in [1.807, 2.05) is 91.0 Å². The molecule has 1 aliphatic rings. The van der Waals surface area contributed by atoms with Crippen molar-refractivity contribution in [2.75, 3.05) is 13.7 Å². The Morgan fingerprint density at radius 3 is 1.50 bits per heavy atom. The Balaban J connectivity index is 1.61. The van der Waals surface area contributed by atoms with E-state index in [0.29, 0.717) is 13.2 Å². The van der Waals surface area contributed by atoms with E-state index in [4.69, 9.17) is 23.7 Å². The van der Waals surface area contributed by atoms with Crippen LogP contribution in [-0.4, -0.2) is 60.7 Å². The summed E-state index contributed by atoms with van der Waals surface area (Å²) in [5.74, 6) is 0. The molecule has 2 N–H and O–H groups in total. The van der Waals surface area contributed by atoms with Gasteiger partial charge in [-0.2, -0.15) is 0 Å². The van der Waals surface area contributed by atoms with Crippen molar-refractivity contribution in [3.63, 3.8) is 0 Å². The largest absolute Gasteiger partial charge is 0.394 e. The molecule has 0 spiro atoms. The van der Waals surface area contributed by atoms with Crippen LogP contribution in [0.3, 0.4) is 0 Å². The fraction of sp³-hybridized carbons (Fsp3) is 0.379. The Kier molecular flexibility index (Phi) is 10.0. The Hall–Kier alpha value is -2.62. The van der Waals surface area contributed by atoms with E-state index in [9.17, 15) is 10.2 Å². The Morgan fingerprint density at radius 2 is 1.08 bits per heavy atom. The molecule has 3 aromatic rings. The molecule has 0 saturated carbocycles. The molecular formula is C29H34O7. The van der Waals surface area contributed by atoms with Crippen molar-refractivity contribution >= 4 is 0 Å². The van der Waals surface area contributed by atoms with Crippen molar-refractivity contribution in [1.82, 2.24) is 0 Å². The van der Waals surface area contributed by atoms with Crippen LogP contribution >= 0.6 is 0 Å². The molecule has 1 heterocycles. The lowest BCUT2D eigenvalue weighted by molar-refractivity contribution is -0.330. The van der Waals surface area contributed by atoms with E-state index in [-0.39, 0.29) is 6.61 Å². The van der Waals surface area contributed by atoms with Gasteiger partial charge in [0.25, 0.3) is 0 Å². The lowest BCUT2D eigenvalue weighted by atomic mass is 9.94. The summed E-state index contributed by atoms with van der Waals surface area (Å²) in [7, 11) is 1.52. The number of benzene rings is 3. The highest BCUT2D eigenvalue weighted by Crippen LogP contribution is 2.32. The van der Waals surface area contributed by atoms with Crippen LogP contribution < -0.4 is 0 Å². The van der Waals surface area contributed by atoms with Crippen LogP contribution in [0.4, 0.5) is 0 Å². The first-order chi connectivity index (χ1) is 17.7. The van der Waals surface area contributed by atoms with Gasteiger partial charge in [-0.3, -0.25) is 0 Å². The summed E-state index contributed by atoms with van der Waals surface area (Å²) >= 11 is 0. The summed E-state index contributed by atoms with van der Waals surface area (Å²) in [6.45, 7) is 0.407. The smallest absolute Gasteiger partial charge is 0.186 e. The van der Waals surface area contributed by atoms with Gasteiger partial charge in [0.05, 0.1) is 26.4 Å². The molecule has 1 fully saturated rings. The third-order valence-corrected chi connectivity index (χ3v) is 6.19. The van der Waals surface area contributed by atoms with Crippen molar-refractivity contribution < 1.29 is 33.9 Å². The fourth-order valence-electron chi connectivity index (χ4n) is 4.29. The predicted molar refractivity (Wildman–Crippen MR) is 134 cm³/mol. The van der Waals surface area contributed by atoms with E-state index < -0.39 is 43.4 Å². The predicted octanol–water partition coefficient (Wildman–Crippen LogP) is 3.47. The first kappa shape index (κ1) is 26.4. The lowest BCUT2D eigenvalue weighted by Crippen LogP contribution is -2.63. The number of hydrogen-bond acceptors (Lipinski definition) is 7. The highest BCUT2D eigenvalue weighted by molar-refractivity contribution is 5.15. The molecule has 3 aromatic carbocycles. The van der Waals surface area contributed by atoms with Crippen LogP contribution in [0, 0.1) is 0 Å². The van der Waals surface area contributed by atoms with Gasteiger partial charge in [0.2, 0.25) is 0 Å². The highest BCUT2D eigenvalue weighted by atomic mass is 16.7. The Morgan fingerprint density at radius 1 is 0.667 bits per heavy atom. The lowest BCUT2D eigenvalue weighted by Gasteiger charge is -2.46. The summed E-state index contributed by atoms with van der Waals surface area (Å²) in [5, 5.41) is 20.4. The summed E-state index contributed by atoms with van der Waals surface area (Å²) in [6.07, 6.45) is -4.95. The molecule has 192 valence electrons. The van der Waals surface area contributed by atoms with E-state index in [1.54, 1.807) is 0 Å². The number of methoxy groups -OCH3 is 1. The molecule has 1 aliphatic heterocycles. The maximum Gasteiger partial charge on any atom is 0.186 e. The second-order valence-electron chi connectivity index (χ2n) is 8.74. The summed E-state index contributed by atoms with van der Waals surface area (Å²) in [4.78, 5) is 0. The van der Waals surface area contributed by atoms with Gasteiger partial charge in [-0.25, -0.2) is 0 Å². The SMILES string of the molecule is CO[C@H]1O[C@H](C(O)CO)[C@@H](OCc2ccccc2)[C@H](OCc2ccccc2)[C@H]1OCc1ccccc1. The average Bonchev–Trinajstić information content (AvgIpc) is 2.94.